The molecular formula is C17H15ClN4O5S2. The van der Waals surface area contributed by atoms with E-state index in [2.05, 4.69) is 20.2 Å². The van der Waals surface area contributed by atoms with Gasteiger partial charge >= 0.3 is 0 Å². The van der Waals surface area contributed by atoms with Crippen molar-refractivity contribution in [1.82, 2.24) is 10.2 Å². The second-order valence-electron chi connectivity index (χ2n) is 5.48. The molecule has 3 aromatic rings. The summed E-state index contributed by atoms with van der Waals surface area (Å²) >= 11 is 6.68. The highest BCUT2D eigenvalue weighted by atomic mass is 35.5. The summed E-state index contributed by atoms with van der Waals surface area (Å²) in [5, 5.41) is 10.1. The van der Waals surface area contributed by atoms with E-state index in [-0.39, 0.29) is 31.5 Å². The minimum absolute atomic E-state index is 0.0111. The summed E-state index contributed by atoms with van der Waals surface area (Å²) in [7, 11) is -1.17. The number of sulfonamides is 1. The maximum atomic E-state index is 12.6. The molecule has 0 unspecified atom stereocenters. The average molecular weight is 455 g/mol. The highest BCUT2D eigenvalue weighted by molar-refractivity contribution is 7.94. The summed E-state index contributed by atoms with van der Waals surface area (Å²) in [4.78, 5) is 12.3. The number of aromatic nitrogens is 2. The lowest BCUT2D eigenvalue weighted by Crippen LogP contribution is -2.13. The van der Waals surface area contributed by atoms with Crippen LogP contribution >= 0.6 is 22.9 Å². The number of rotatable bonds is 7. The number of anilines is 2. The lowest BCUT2D eigenvalue weighted by molar-refractivity contribution is 0.102. The van der Waals surface area contributed by atoms with Gasteiger partial charge in [-0.3, -0.25) is 14.8 Å². The Morgan fingerprint density at radius 1 is 1.10 bits per heavy atom. The predicted molar refractivity (Wildman–Crippen MR) is 110 cm³/mol. The third kappa shape index (κ3) is 4.75. The summed E-state index contributed by atoms with van der Waals surface area (Å²) in [5.41, 5.74) is 0.431. The highest BCUT2D eigenvalue weighted by Crippen LogP contribution is 2.31. The number of hydrogen-bond donors (Lipinski definition) is 2. The van der Waals surface area contributed by atoms with Crippen LogP contribution in [0.2, 0.25) is 5.02 Å². The number of amides is 1. The minimum Gasteiger partial charge on any atom is -0.497 e. The van der Waals surface area contributed by atoms with Crippen molar-refractivity contribution in [2.24, 2.45) is 0 Å². The van der Waals surface area contributed by atoms with E-state index < -0.39 is 15.9 Å². The second-order valence-corrected chi connectivity index (χ2v) is 8.72. The van der Waals surface area contributed by atoms with E-state index >= 15 is 0 Å². The zero-order valence-electron chi connectivity index (χ0n) is 15.2. The van der Waals surface area contributed by atoms with Gasteiger partial charge in [0.05, 0.1) is 30.5 Å². The number of hydrogen-bond acceptors (Lipinski definition) is 8. The van der Waals surface area contributed by atoms with Gasteiger partial charge in [-0.05, 0) is 24.3 Å². The summed E-state index contributed by atoms with van der Waals surface area (Å²) in [6.45, 7) is 0. The van der Waals surface area contributed by atoms with Crippen molar-refractivity contribution >= 4 is 49.7 Å². The fourth-order valence-electron chi connectivity index (χ4n) is 2.25. The van der Waals surface area contributed by atoms with Crippen molar-refractivity contribution in [1.29, 1.82) is 0 Å². The molecule has 0 aliphatic heterocycles. The van der Waals surface area contributed by atoms with Gasteiger partial charge in [0.2, 0.25) is 5.13 Å². The molecule has 0 aliphatic carbocycles. The van der Waals surface area contributed by atoms with Gasteiger partial charge in [-0.2, -0.15) is 8.42 Å². The van der Waals surface area contributed by atoms with Gasteiger partial charge in [0, 0.05) is 6.07 Å². The van der Waals surface area contributed by atoms with Crippen molar-refractivity contribution in [3.63, 3.8) is 0 Å². The number of benzene rings is 2. The molecule has 29 heavy (non-hydrogen) atoms. The van der Waals surface area contributed by atoms with Gasteiger partial charge in [0.15, 0.2) is 0 Å². The van der Waals surface area contributed by atoms with E-state index in [1.165, 1.54) is 32.4 Å². The van der Waals surface area contributed by atoms with Crippen molar-refractivity contribution in [2.75, 3.05) is 24.3 Å². The Morgan fingerprint density at radius 2 is 1.86 bits per heavy atom. The molecule has 152 valence electrons. The molecule has 2 aromatic carbocycles. The van der Waals surface area contributed by atoms with E-state index in [1.54, 1.807) is 24.3 Å². The first kappa shape index (κ1) is 20.8. The first-order valence-electron chi connectivity index (χ1n) is 7.98. The zero-order valence-corrected chi connectivity index (χ0v) is 17.6. The molecule has 0 fully saturated rings. The summed E-state index contributed by atoms with van der Waals surface area (Å²) in [6, 6.07) is 11.1. The molecule has 2 N–H and O–H groups in total. The third-order valence-corrected chi connectivity index (χ3v) is 6.53. The number of halogens is 1. The topological polar surface area (TPSA) is 120 Å². The van der Waals surface area contributed by atoms with Crippen molar-refractivity contribution < 1.29 is 22.7 Å². The number of ether oxygens (including phenoxy) is 2. The largest absolute Gasteiger partial charge is 0.497 e. The van der Waals surface area contributed by atoms with E-state index in [0.717, 1.165) is 0 Å². The molecule has 0 atom stereocenters. The Hall–Kier alpha value is -2.89. The maximum absolute atomic E-state index is 12.6. The molecule has 1 heterocycles. The molecule has 12 heteroatoms. The smallest absolute Gasteiger partial charge is 0.291 e. The number of carbonyl (C=O) groups is 1. The van der Waals surface area contributed by atoms with Crippen LogP contribution in [0.15, 0.2) is 46.8 Å². The molecule has 0 saturated heterocycles. The van der Waals surface area contributed by atoms with Gasteiger partial charge in [-0.25, -0.2) is 0 Å². The summed E-state index contributed by atoms with van der Waals surface area (Å²) in [5.74, 6) is 0.246. The molecule has 0 radical (unpaired) electrons. The fourth-order valence-corrected chi connectivity index (χ4v) is 4.44. The molecular weight excluding hydrogens is 440 g/mol. The second kappa shape index (κ2) is 8.64. The van der Waals surface area contributed by atoms with Crippen LogP contribution in [0, 0.1) is 0 Å². The lowest BCUT2D eigenvalue weighted by Gasteiger charge is -2.11. The molecule has 0 aliphatic rings. The Morgan fingerprint density at radius 3 is 2.55 bits per heavy atom. The van der Waals surface area contributed by atoms with E-state index in [1.807, 2.05) is 0 Å². The maximum Gasteiger partial charge on any atom is 0.291 e. The van der Waals surface area contributed by atoms with Crippen LogP contribution in [-0.4, -0.2) is 38.7 Å². The van der Waals surface area contributed by atoms with Crippen LogP contribution < -0.4 is 19.5 Å². The zero-order chi connectivity index (χ0) is 21.0. The Bertz CT molecular complexity index is 1150. The molecule has 1 aromatic heterocycles. The molecule has 1 amide bonds. The van der Waals surface area contributed by atoms with Crippen LogP contribution in [0.25, 0.3) is 0 Å². The quantitative estimate of drug-likeness (QED) is 0.525. The van der Waals surface area contributed by atoms with Gasteiger partial charge < -0.3 is 9.47 Å². The van der Waals surface area contributed by atoms with Crippen LogP contribution in [0.4, 0.5) is 10.8 Å². The Balaban J connectivity index is 1.79. The first-order valence-corrected chi connectivity index (χ1v) is 10.7. The standard InChI is InChI=1S/C17H15ClN4O5S2/c1-26-10-7-8-13(14(9-10)27-2)22-29(24,25)17-21-20-16(28-17)19-15(23)11-5-3-4-6-12(11)18/h3-9,22H,1-2H3,(H,19,20,23). The lowest BCUT2D eigenvalue weighted by atomic mass is 10.2. The van der Waals surface area contributed by atoms with E-state index in [4.69, 9.17) is 21.1 Å². The predicted octanol–water partition coefficient (Wildman–Crippen LogP) is 3.26. The average Bonchev–Trinajstić information content (AvgIpc) is 3.18. The van der Waals surface area contributed by atoms with Gasteiger partial charge in [-0.15, -0.1) is 10.2 Å². The molecule has 0 spiro atoms. The molecule has 3 rings (SSSR count). The first-order chi connectivity index (χ1) is 13.8. The third-order valence-electron chi connectivity index (χ3n) is 3.63. The minimum atomic E-state index is -4.06. The van der Waals surface area contributed by atoms with Crippen LogP contribution in [0.1, 0.15) is 10.4 Å². The van der Waals surface area contributed by atoms with Gasteiger partial charge in [-0.1, -0.05) is 35.1 Å². The van der Waals surface area contributed by atoms with Crippen molar-refractivity contribution in [2.45, 2.75) is 4.34 Å². The Kier molecular flexibility index (Phi) is 6.20. The van der Waals surface area contributed by atoms with Crippen molar-refractivity contribution in [3.8, 4) is 11.5 Å². The summed E-state index contributed by atoms with van der Waals surface area (Å²) in [6.07, 6.45) is 0. The van der Waals surface area contributed by atoms with Crippen LogP contribution in [0.3, 0.4) is 0 Å². The van der Waals surface area contributed by atoms with Gasteiger partial charge in [0.25, 0.3) is 20.3 Å². The number of methoxy groups -OCH3 is 2. The van der Waals surface area contributed by atoms with E-state index in [0.29, 0.717) is 17.1 Å². The van der Waals surface area contributed by atoms with Crippen LogP contribution in [-0.2, 0) is 10.0 Å². The van der Waals surface area contributed by atoms with E-state index in [9.17, 15) is 13.2 Å². The molecule has 0 bridgehead atoms. The number of carbonyl (C=O) groups excluding carboxylic acids is 1. The SMILES string of the molecule is COc1ccc(NS(=O)(=O)c2nnc(NC(=O)c3ccccc3Cl)s2)c(OC)c1. The highest BCUT2D eigenvalue weighted by Gasteiger charge is 2.23. The molecule has 9 nitrogen and oxygen atoms in total. The normalized spacial score (nSPS) is 11.0. The molecule has 0 saturated carbocycles. The van der Waals surface area contributed by atoms with Crippen molar-refractivity contribution in [3.05, 3.63) is 53.1 Å². The Labute approximate surface area is 175 Å². The van der Waals surface area contributed by atoms with Gasteiger partial charge in [0.1, 0.15) is 11.5 Å². The van der Waals surface area contributed by atoms with Crippen LogP contribution in [0.5, 0.6) is 11.5 Å². The number of nitrogens with one attached hydrogen (secondary N) is 2. The fraction of sp³-hybridized carbons (Fsp3) is 0.118. The summed E-state index contributed by atoms with van der Waals surface area (Å²) < 4.78 is 37.6. The number of nitrogens with zero attached hydrogens (tertiary/aromatic N) is 2. The monoisotopic (exact) mass is 454 g/mol.